The van der Waals surface area contributed by atoms with E-state index in [1.807, 2.05) is 63.2 Å². The van der Waals surface area contributed by atoms with Crippen LogP contribution in [0, 0.1) is 6.92 Å². The zero-order valence-corrected chi connectivity index (χ0v) is 15.4. The standard InChI is InChI=1S/C20H22N2O2.ClH/c1-4-23-16-8-6-15(7-9-16)22-20-12-14(3)21-19-11-10-17(24-5-2)13-18(19)20;/h6-13H,4-5H2,1-3H3,(H,21,22);1H/p-1. The molecule has 0 spiro atoms. The van der Waals surface area contributed by atoms with E-state index in [2.05, 4.69) is 16.4 Å². The Labute approximate surface area is 154 Å². The van der Waals surface area contributed by atoms with Crippen LogP contribution in [0.1, 0.15) is 19.5 Å². The third-order valence-electron chi connectivity index (χ3n) is 3.66. The zero-order chi connectivity index (χ0) is 16.9. The quantitative estimate of drug-likeness (QED) is 0.733. The van der Waals surface area contributed by atoms with Crippen LogP contribution in [0.15, 0.2) is 48.5 Å². The van der Waals surface area contributed by atoms with Crippen LogP contribution >= 0.6 is 0 Å². The number of fused-ring (bicyclic) bond motifs is 1. The monoisotopic (exact) mass is 357 g/mol. The molecule has 1 aromatic heterocycles. The van der Waals surface area contributed by atoms with Gasteiger partial charge in [0, 0.05) is 22.5 Å². The fraction of sp³-hybridized carbons (Fsp3) is 0.250. The summed E-state index contributed by atoms with van der Waals surface area (Å²) in [5.41, 5.74) is 3.95. The number of hydrogen-bond acceptors (Lipinski definition) is 4. The molecule has 0 unspecified atom stereocenters. The number of hydrogen-bond donors (Lipinski definition) is 1. The van der Waals surface area contributed by atoms with Crippen LogP contribution in [0.5, 0.6) is 11.5 Å². The van der Waals surface area contributed by atoms with Crippen LogP contribution in [0.4, 0.5) is 11.4 Å². The van der Waals surface area contributed by atoms with Crippen LogP contribution in [0.3, 0.4) is 0 Å². The molecule has 2 aromatic carbocycles. The van der Waals surface area contributed by atoms with Gasteiger partial charge in [-0.25, -0.2) is 0 Å². The van der Waals surface area contributed by atoms with Crippen molar-refractivity contribution in [2.24, 2.45) is 0 Å². The Balaban J connectivity index is 0.00000225. The van der Waals surface area contributed by atoms with Crippen molar-refractivity contribution in [3.8, 4) is 11.5 Å². The van der Waals surface area contributed by atoms with Crippen molar-refractivity contribution in [2.45, 2.75) is 20.8 Å². The largest absolute Gasteiger partial charge is 1.00 e. The maximum absolute atomic E-state index is 5.62. The first-order valence-corrected chi connectivity index (χ1v) is 8.23. The van der Waals surface area contributed by atoms with Gasteiger partial charge in [0.1, 0.15) is 11.5 Å². The number of pyridine rings is 1. The van der Waals surface area contributed by atoms with Gasteiger partial charge in [-0.3, -0.25) is 4.98 Å². The fourth-order valence-corrected chi connectivity index (χ4v) is 2.65. The lowest BCUT2D eigenvalue weighted by molar-refractivity contribution is -0.00000612. The van der Waals surface area contributed by atoms with Gasteiger partial charge in [0.05, 0.1) is 18.7 Å². The third-order valence-corrected chi connectivity index (χ3v) is 3.66. The van der Waals surface area contributed by atoms with Crippen molar-refractivity contribution in [3.63, 3.8) is 0 Å². The second-order valence-corrected chi connectivity index (χ2v) is 5.51. The Morgan fingerprint density at radius 3 is 2.20 bits per heavy atom. The Bertz CT molecular complexity index is 835. The summed E-state index contributed by atoms with van der Waals surface area (Å²) in [7, 11) is 0. The number of nitrogens with zero attached hydrogens (tertiary/aromatic N) is 1. The minimum absolute atomic E-state index is 0. The van der Waals surface area contributed by atoms with E-state index in [9.17, 15) is 0 Å². The molecule has 132 valence electrons. The van der Waals surface area contributed by atoms with Crippen LogP contribution in [-0.2, 0) is 0 Å². The minimum atomic E-state index is 0. The lowest BCUT2D eigenvalue weighted by atomic mass is 10.1. The predicted octanol–water partition coefficient (Wildman–Crippen LogP) is 2.09. The smallest absolute Gasteiger partial charge is 0.120 e. The highest BCUT2D eigenvalue weighted by Gasteiger charge is 2.07. The molecule has 0 saturated heterocycles. The second kappa shape index (κ2) is 8.58. The number of nitrogens with one attached hydrogen (secondary N) is 1. The SMILES string of the molecule is CCOc1ccc(Nc2cc(C)nc3ccc(OCC)cc23)cc1.[Cl-]. The van der Waals surface area contributed by atoms with Crippen molar-refractivity contribution in [1.29, 1.82) is 0 Å². The molecule has 0 radical (unpaired) electrons. The summed E-state index contributed by atoms with van der Waals surface area (Å²) >= 11 is 0. The van der Waals surface area contributed by atoms with Gasteiger partial charge in [0.25, 0.3) is 0 Å². The van der Waals surface area contributed by atoms with E-state index in [-0.39, 0.29) is 12.4 Å². The normalized spacial score (nSPS) is 10.2. The van der Waals surface area contributed by atoms with Gasteiger partial charge in [0.2, 0.25) is 0 Å². The summed E-state index contributed by atoms with van der Waals surface area (Å²) < 4.78 is 11.1. The van der Waals surface area contributed by atoms with Gasteiger partial charge in [-0.15, -0.1) is 0 Å². The average Bonchev–Trinajstić information content (AvgIpc) is 2.57. The number of rotatable bonds is 6. The van der Waals surface area contributed by atoms with Gasteiger partial charge in [-0.2, -0.15) is 0 Å². The maximum atomic E-state index is 5.62. The molecule has 0 saturated carbocycles. The Hall–Kier alpha value is -2.46. The molecular weight excluding hydrogens is 336 g/mol. The van der Waals surface area contributed by atoms with E-state index in [4.69, 9.17) is 9.47 Å². The van der Waals surface area contributed by atoms with E-state index in [1.54, 1.807) is 0 Å². The Morgan fingerprint density at radius 1 is 0.880 bits per heavy atom. The highest BCUT2D eigenvalue weighted by Crippen LogP contribution is 2.30. The molecule has 0 fully saturated rings. The number of ether oxygens (including phenoxy) is 2. The highest BCUT2D eigenvalue weighted by atomic mass is 35.5. The molecule has 0 aliphatic heterocycles. The number of benzene rings is 2. The van der Waals surface area contributed by atoms with Crippen molar-refractivity contribution >= 4 is 22.3 Å². The van der Waals surface area contributed by atoms with Crippen LogP contribution in [-0.4, -0.2) is 18.2 Å². The van der Waals surface area contributed by atoms with E-state index in [0.29, 0.717) is 13.2 Å². The predicted molar refractivity (Wildman–Crippen MR) is 98.5 cm³/mol. The van der Waals surface area contributed by atoms with Gasteiger partial charge in [-0.05, 0) is 69.3 Å². The number of halogens is 1. The van der Waals surface area contributed by atoms with Gasteiger partial charge in [0.15, 0.2) is 0 Å². The van der Waals surface area contributed by atoms with E-state index < -0.39 is 0 Å². The summed E-state index contributed by atoms with van der Waals surface area (Å²) in [4.78, 5) is 4.60. The van der Waals surface area contributed by atoms with Crippen molar-refractivity contribution in [1.82, 2.24) is 4.98 Å². The van der Waals surface area contributed by atoms with Gasteiger partial charge < -0.3 is 27.2 Å². The zero-order valence-electron chi connectivity index (χ0n) is 14.7. The highest BCUT2D eigenvalue weighted by molar-refractivity contribution is 5.94. The Morgan fingerprint density at radius 2 is 1.52 bits per heavy atom. The molecule has 4 nitrogen and oxygen atoms in total. The topological polar surface area (TPSA) is 43.4 Å². The third kappa shape index (κ3) is 4.54. The molecule has 0 amide bonds. The molecule has 5 heteroatoms. The maximum Gasteiger partial charge on any atom is 0.120 e. The summed E-state index contributed by atoms with van der Waals surface area (Å²) in [6, 6.07) is 16.0. The molecule has 1 heterocycles. The van der Waals surface area contributed by atoms with Crippen LogP contribution in [0.25, 0.3) is 10.9 Å². The molecule has 3 aromatic rings. The van der Waals surface area contributed by atoms with Crippen molar-refractivity contribution in [2.75, 3.05) is 18.5 Å². The molecule has 1 N–H and O–H groups in total. The number of aromatic nitrogens is 1. The molecular formula is C20H22ClN2O2-. The first-order chi connectivity index (χ1) is 11.7. The van der Waals surface area contributed by atoms with Crippen molar-refractivity contribution < 1.29 is 21.9 Å². The summed E-state index contributed by atoms with van der Waals surface area (Å²) in [6.07, 6.45) is 0. The van der Waals surface area contributed by atoms with Gasteiger partial charge >= 0.3 is 0 Å². The minimum Gasteiger partial charge on any atom is -1.00 e. The molecule has 0 aliphatic rings. The lowest BCUT2D eigenvalue weighted by Crippen LogP contribution is -3.00. The second-order valence-electron chi connectivity index (χ2n) is 5.51. The van der Waals surface area contributed by atoms with Crippen LogP contribution in [0.2, 0.25) is 0 Å². The van der Waals surface area contributed by atoms with Gasteiger partial charge in [-0.1, -0.05) is 0 Å². The average molecular weight is 358 g/mol. The molecule has 0 bridgehead atoms. The molecule has 3 rings (SSSR count). The summed E-state index contributed by atoms with van der Waals surface area (Å²) in [5.74, 6) is 1.72. The van der Waals surface area contributed by atoms with E-state index >= 15 is 0 Å². The first kappa shape index (κ1) is 18.9. The number of anilines is 2. The fourth-order valence-electron chi connectivity index (χ4n) is 2.65. The first-order valence-electron chi connectivity index (χ1n) is 8.23. The molecule has 0 aliphatic carbocycles. The van der Waals surface area contributed by atoms with Crippen molar-refractivity contribution in [3.05, 3.63) is 54.2 Å². The summed E-state index contributed by atoms with van der Waals surface area (Å²) in [6.45, 7) is 7.28. The molecule has 0 atom stereocenters. The van der Waals surface area contributed by atoms with E-state index in [1.165, 1.54) is 0 Å². The lowest BCUT2D eigenvalue weighted by Gasteiger charge is -2.13. The summed E-state index contributed by atoms with van der Waals surface area (Å²) in [5, 5.41) is 4.52. The Kier molecular flexibility index (Phi) is 6.48. The molecule has 25 heavy (non-hydrogen) atoms. The van der Waals surface area contributed by atoms with E-state index in [0.717, 1.165) is 39.5 Å². The number of aryl methyl sites for hydroxylation is 1. The van der Waals surface area contributed by atoms with Crippen LogP contribution < -0.4 is 27.2 Å².